The number of hydrogen-bond donors (Lipinski definition) is 2. The molecule has 0 saturated heterocycles. The Morgan fingerprint density at radius 2 is 2.38 bits per heavy atom. The molecule has 2 nitrogen and oxygen atoms in total. The molecule has 0 aromatic carbocycles. The summed E-state index contributed by atoms with van der Waals surface area (Å²) < 4.78 is 0. The largest absolute Gasteiger partial charge is 0.394 e. The third kappa shape index (κ3) is 3.74. The molecule has 0 aliphatic heterocycles. The van der Waals surface area contributed by atoms with Gasteiger partial charge in [0.2, 0.25) is 0 Å². The Morgan fingerprint density at radius 3 is 2.88 bits per heavy atom. The molecule has 1 heterocycles. The van der Waals surface area contributed by atoms with Gasteiger partial charge in [0.1, 0.15) is 0 Å². The summed E-state index contributed by atoms with van der Waals surface area (Å²) in [5.41, 5.74) is 1.26. The van der Waals surface area contributed by atoms with Crippen LogP contribution < -0.4 is 5.32 Å². The number of aryl methyl sites for hydroxylation is 1. The highest BCUT2D eigenvalue weighted by Crippen LogP contribution is 2.24. The first-order valence-electron chi connectivity index (χ1n) is 5.70. The summed E-state index contributed by atoms with van der Waals surface area (Å²) in [5, 5.41) is 15.0. The van der Waals surface area contributed by atoms with Crippen molar-refractivity contribution in [3.8, 4) is 0 Å². The van der Waals surface area contributed by atoms with Crippen molar-refractivity contribution in [3.05, 3.63) is 34.5 Å². The number of allylic oxidation sites excluding steroid dienone is 1. The van der Waals surface area contributed by atoms with Crippen LogP contribution in [0.15, 0.2) is 24.1 Å². The summed E-state index contributed by atoms with van der Waals surface area (Å²) in [6, 6.07) is 2.56. The second kappa shape index (κ2) is 6.84. The van der Waals surface area contributed by atoms with E-state index >= 15 is 0 Å². The second-order valence-corrected chi connectivity index (χ2v) is 5.08. The van der Waals surface area contributed by atoms with Gasteiger partial charge in [0, 0.05) is 10.9 Å². The zero-order valence-corrected chi connectivity index (χ0v) is 10.9. The molecular weight excluding hydrogens is 218 g/mol. The van der Waals surface area contributed by atoms with Gasteiger partial charge in [0.15, 0.2) is 0 Å². The third-order valence-electron chi connectivity index (χ3n) is 2.69. The topological polar surface area (TPSA) is 32.3 Å². The zero-order chi connectivity index (χ0) is 12.0. The lowest BCUT2D eigenvalue weighted by atomic mass is 10.1. The van der Waals surface area contributed by atoms with Gasteiger partial charge >= 0.3 is 0 Å². The molecule has 3 heteroatoms. The Balaban J connectivity index is 2.55. The van der Waals surface area contributed by atoms with Crippen molar-refractivity contribution in [2.75, 3.05) is 6.61 Å². The van der Waals surface area contributed by atoms with Crippen molar-refractivity contribution >= 4 is 11.3 Å². The van der Waals surface area contributed by atoms with Gasteiger partial charge in [0.05, 0.1) is 12.6 Å². The molecule has 0 radical (unpaired) electrons. The number of aliphatic hydroxyl groups excluding tert-OH is 1. The van der Waals surface area contributed by atoms with E-state index in [4.69, 9.17) is 0 Å². The van der Waals surface area contributed by atoms with E-state index in [1.807, 2.05) is 6.08 Å². The number of thiophene rings is 1. The van der Waals surface area contributed by atoms with Gasteiger partial charge in [-0.3, -0.25) is 0 Å². The van der Waals surface area contributed by atoms with Gasteiger partial charge in [-0.1, -0.05) is 6.08 Å². The van der Waals surface area contributed by atoms with Crippen LogP contribution in [0, 0.1) is 6.92 Å². The highest BCUT2D eigenvalue weighted by Gasteiger charge is 2.15. The molecule has 0 aliphatic rings. The van der Waals surface area contributed by atoms with E-state index in [1.54, 1.807) is 11.3 Å². The SMILES string of the molecule is C=CCCC(C)NC(CO)c1sccc1C. The van der Waals surface area contributed by atoms with Crippen LogP contribution in [-0.2, 0) is 0 Å². The Labute approximate surface area is 102 Å². The molecule has 1 aromatic rings. The summed E-state index contributed by atoms with van der Waals surface area (Å²) >= 11 is 1.71. The van der Waals surface area contributed by atoms with Gasteiger partial charge in [-0.2, -0.15) is 0 Å². The molecule has 0 bridgehead atoms. The maximum absolute atomic E-state index is 9.42. The molecule has 2 atom stereocenters. The molecule has 0 aliphatic carbocycles. The summed E-state index contributed by atoms with van der Waals surface area (Å²) in [6.07, 6.45) is 4.00. The summed E-state index contributed by atoms with van der Waals surface area (Å²) in [5.74, 6) is 0. The van der Waals surface area contributed by atoms with Crippen molar-refractivity contribution in [1.29, 1.82) is 0 Å². The second-order valence-electron chi connectivity index (χ2n) is 4.14. The summed E-state index contributed by atoms with van der Waals surface area (Å²) in [6.45, 7) is 8.11. The van der Waals surface area contributed by atoms with Crippen LogP contribution in [0.5, 0.6) is 0 Å². The predicted molar refractivity (Wildman–Crippen MR) is 70.9 cm³/mol. The van der Waals surface area contributed by atoms with Crippen LogP contribution in [0.25, 0.3) is 0 Å². The van der Waals surface area contributed by atoms with E-state index in [0.29, 0.717) is 6.04 Å². The van der Waals surface area contributed by atoms with Crippen molar-refractivity contribution in [2.45, 2.75) is 38.8 Å². The fraction of sp³-hybridized carbons (Fsp3) is 0.538. The molecule has 0 spiro atoms. The molecule has 90 valence electrons. The van der Waals surface area contributed by atoms with Crippen LogP contribution in [-0.4, -0.2) is 17.8 Å². The zero-order valence-electron chi connectivity index (χ0n) is 10.1. The van der Waals surface area contributed by atoms with Crippen molar-refractivity contribution in [1.82, 2.24) is 5.32 Å². The van der Waals surface area contributed by atoms with Crippen LogP contribution in [0.2, 0.25) is 0 Å². The quantitative estimate of drug-likeness (QED) is 0.717. The maximum Gasteiger partial charge on any atom is 0.0654 e. The van der Waals surface area contributed by atoms with Crippen LogP contribution in [0.1, 0.15) is 36.2 Å². The first-order valence-corrected chi connectivity index (χ1v) is 6.58. The number of aliphatic hydroxyl groups is 1. The Bertz CT molecular complexity index is 321. The number of hydrogen-bond acceptors (Lipinski definition) is 3. The Morgan fingerprint density at radius 1 is 1.62 bits per heavy atom. The molecule has 0 saturated carbocycles. The van der Waals surface area contributed by atoms with Crippen LogP contribution in [0.4, 0.5) is 0 Å². The van der Waals surface area contributed by atoms with Gasteiger partial charge in [-0.25, -0.2) is 0 Å². The minimum atomic E-state index is 0.0693. The smallest absolute Gasteiger partial charge is 0.0654 e. The average molecular weight is 239 g/mol. The highest BCUT2D eigenvalue weighted by atomic mass is 32.1. The monoisotopic (exact) mass is 239 g/mol. The molecule has 0 amide bonds. The average Bonchev–Trinajstić information content (AvgIpc) is 2.69. The fourth-order valence-corrected chi connectivity index (χ4v) is 2.73. The van der Waals surface area contributed by atoms with E-state index in [-0.39, 0.29) is 12.6 Å². The number of rotatable bonds is 7. The van der Waals surface area contributed by atoms with E-state index in [0.717, 1.165) is 12.8 Å². The molecule has 1 aromatic heterocycles. The minimum Gasteiger partial charge on any atom is -0.394 e. The van der Waals surface area contributed by atoms with Gasteiger partial charge < -0.3 is 10.4 Å². The van der Waals surface area contributed by atoms with E-state index in [1.165, 1.54) is 10.4 Å². The molecule has 2 unspecified atom stereocenters. The fourth-order valence-electron chi connectivity index (χ4n) is 1.75. The summed E-state index contributed by atoms with van der Waals surface area (Å²) in [7, 11) is 0. The van der Waals surface area contributed by atoms with E-state index in [9.17, 15) is 5.11 Å². The minimum absolute atomic E-state index is 0.0693. The summed E-state index contributed by atoms with van der Waals surface area (Å²) in [4.78, 5) is 1.24. The first-order chi connectivity index (χ1) is 7.69. The van der Waals surface area contributed by atoms with Crippen LogP contribution >= 0.6 is 11.3 Å². The highest BCUT2D eigenvalue weighted by molar-refractivity contribution is 7.10. The lowest BCUT2D eigenvalue weighted by Crippen LogP contribution is -2.32. The molecule has 0 fully saturated rings. The van der Waals surface area contributed by atoms with E-state index < -0.39 is 0 Å². The lowest BCUT2D eigenvalue weighted by Gasteiger charge is -2.21. The van der Waals surface area contributed by atoms with Crippen molar-refractivity contribution < 1.29 is 5.11 Å². The normalized spacial score (nSPS) is 14.7. The molecule has 2 N–H and O–H groups in total. The first kappa shape index (κ1) is 13.4. The van der Waals surface area contributed by atoms with Gasteiger partial charge in [-0.05, 0) is 43.7 Å². The lowest BCUT2D eigenvalue weighted by molar-refractivity contribution is 0.235. The van der Waals surface area contributed by atoms with Crippen LogP contribution in [0.3, 0.4) is 0 Å². The van der Waals surface area contributed by atoms with Gasteiger partial charge in [-0.15, -0.1) is 17.9 Å². The molecule has 16 heavy (non-hydrogen) atoms. The standard InChI is InChI=1S/C13H21NOS/c1-4-5-6-11(3)14-12(9-15)13-10(2)7-8-16-13/h4,7-8,11-12,14-15H,1,5-6,9H2,2-3H3. The van der Waals surface area contributed by atoms with Gasteiger partial charge in [0.25, 0.3) is 0 Å². The Hall–Kier alpha value is -0.640. The predicted octanol–water partition coefficient (Wildman–Crippen LogP) is 3.03. The number of nitrogens with one attached hydrogen (secondary N) is 1. The maximum atomic E-state index is 9.42. The molecular formula is C13H21NOS. The van der Waals surface area contributed by atoms with Crippen molar-refractivity contribution in [2.24, 2.45) is 0 Å². The molecule has 1 rings (SSSR count). The van der Waals surface area contributed by atoms with Crippen molar-refractivity contribution in [3.63, 3.8) is 0 Å². The van der Waals surface area contributed by atoms with E-state index in [2.05, 4.69) is 37.2 Å². The third-order valence-corrected chi connectivity index (χ3v) is 3.82. The Kier molecular flexibility index (Phi) is 5.74.